The number of aryl methyl sites for hydroxylation is 2. The number of hydrogen-bond donors (Lipinski definition) is 0. The molecule has 1 saturated heterocycles. The summed E-state index contributed by atoms with van der Waals surface area (Å²) >= 11 is 0. The van der Waals surface area contributed by atoms with Gasteiger partial charge < -0.3 is 19.1 Å². The molecule has 1 aliphatic heterocycles. The van der Waals surface area contributed by atoms with Crippen LogP contribution in [-0.2, 0) is 13.0 Å². The van der Waals surface area contributed by atoms with E-state index in [-0.39, 0.29) is 6.04 Å². The van der Waals surface area contributed by atoms with Gasteiger partial charge in [-0.15, -0.1) is 5.10 Å². The molecule has 2 aromatic carbocycles. The summed E-state index contributed by atoms with van der Waals surface area (Å²) in [5, 5.41) is 12.9. The van der Waals surface area contributed by atoms with E-state index in [9.17, 15) is 0 Å². The number of tetrazole rings is 1. The van der Waals surface area contributed by atoms with Gasteiger partial charge >= 0.3 is 0 Å². The molecule has 2 heterocycles. The Morgan fingerprint density at radius 1 is 0.889 bits per heavy atom. The van der Waals surface area contributed by atoms with Crippen molar-refractivity contribution >= 4 is 5.69 Å². The third kappa shape index (κ3) is 5.90. The summed E-state index contributed by atoms with van der Waals surface area (Å²) in [7, 11) is 5.04. The smallest absolute Gasteiger partial charge is 0.168 e. The molecule has 4 rings (SSSR count). The summed E-state index contributed by atoms with van der Waals surface area (Å²) in [5.41, 5.74) is 2.31. The van der Waals surface area contributed by atoms with Crippen LogP contribution in [0.2, 0.25) is 0 Å². The predicted molar refractivity (Wildman–Crippen MR) is 140 cm³/mol. The fraction of sp³-hybridized carbons (Fsp3) is 0.519. The zero-order valence-electron chi connectivity index (χ0n) is 21.9. The van der Waals surface area contributed by atoms with Gasteiger partial charge in [-0.3, -0.25) is 4.90 Å². The Balaban J connectivity index is 1.45. The number of benzene rings is 2. The summed E-state index contributed by atoms with van der Waals surface area (Å²) in [5.74, 6) is 3.35. The molecule has 1 fully saturated rings. The molecule has 194 valence electrons. The quantitative estimate of drug-likeness (QED) is 0.374. The lowest BCUT2D eigenvalue weighted by molar-refractivity contribution is 0.162. The van der Waals surface area contributed by atoms with Crippen LogP contribution in [0.25, 0.3) is 0 Å². The number of ether oxygens (including phenoxy) is 3. The van der Waals surface area contributed by atoms with Crippen LogP contribution in [0, 0.1) is 0 Å². The summed E-state index contributed by atoms with van der Waals surface area (Å²) in [6, 6.07) is 14.5. The monoisotopic (exact) mass is 494 g/mol. The van der Waals surface area contributed by atoms with Gasteiger partial charge in [0.2, 0.25) is 0 Å². The van der Waals surface area contributed by atoms with E-state index >= 15 is 0 Å². The first-order valence-electron chi connectivity index (χ1n) is 12.8. The Labute approximate surface area is 213 Å². The molecular formula is C27H38N6O3. The number of unbranched alkanes of at least 4 members (excludes halogenated alkanes) is 1. The van der Waals surface area contributed by atoms with Gasteiger partial charge in [-0.25, -0.2) is 4.68 Å². The topological polar surface area (TPSA) is 77.8 Å². The molecule has 0 spiro atoms. The van der Waals surface area contributed by atoms with Crippen LogP contribution in [0.5, 0.6) is 17.2 Å². The summed E-state index contributed by atoms with van der Waals surface area (Å²) in [6.07, 6.45) is 4.13. The van der Waals surface area contributed by atoms with E-state index in [0.717, 1.165) is 86.2 Å². The van der Waals surface area contributed by atoms with Crippen LogP contribution in [0.3, 0.4) is 0 Å². The highest BCUT2D eigenvalue weighted by atomic mass is 16.5. The van der Waals surface area contributed by atoms with Crippen LogP contribution in [0.1, 0.15) is 43.6 Å². The molecule has 36 heavy (non-hydrogen) atoms. The van der Waals surface area contributed by atoms with Crippen molar-refractivity contribution in [2.45, 2.75) is 45.2 Å². The van der Waals surface area contributed by atoms with Gasteiger partial charge in [-0.1, -0.05) is 38.0 Å². The third-order valence-corrected chi connectivity index (χ3v) is 6.93. The normalized spacial score (nSPS) is 15.1. The van der Waals surface area contributed by atoms with Crippen molar-refractivity contribution < 1.29 is 14.2 Å². The molecule has 0 unspecified atom stereocenters. The van der Waals surface area contributed by atoms with Crippen molar-refractivity contribution in [2.75, 3.05) is 52.4 Å². The van der Waals surface area contributed by atoms with Gasteiger partial charge in [0.05, 0.1) is 33.1 Å². The van der Waals surface area contributed by atoms with Gasteiger partial charge in [0.25, 0.3) is 0 Å². The first-order valence-corrected chi connectivity index (χ1v) is 12.8. The Kier molecular flexibility index (Phi) is 9.00. The van der Waals surface area contributed by atoms with E-state index in [1.54, 1.807) is 21.3 Å². The van der Waals surface area contributed by atoms with Gasteiger partial charge in [-0.05, 0) is 53.1 Å². The van der Waals surface area contributed by atoms with Gasteiger partial charge in [0.1, 0.15) is 5.75 Å². The Morgan fingerprint density at radius 2 is 1.64 bits per heavy atom. The molecule has 0 amide bonds. The lowest BCUT2D eigenvalue weighted by Gasteiger charge is -2.40. The van der Waals surface area contributed by atoms with Crippen molar-refractivity contribution in [3.05, 3.63) is 53.9 Å². The standard InChI is InChI=1S/C27H38N6O3/c1-5-6-9-23(32-18-16-31(17-19-32)22-10-7-8-11-24(22)34-2)27-28-29-30-33(27)15-14-21-12-13-25(35-3)26(20-21)36-4/h7-8,10-13,20,23H,5-6,9,14-19H2,1-4H3/t23-/m1/s1. The van der Waals surface area contributed by atoms with Crippen molar-refractivity contribution in [3.63, 3.8) is 0 Å². The van der Waals surface area contributed by atoms with Crippen molar-refractivity contribution in [2.24, 2.45) is 0 Å². The average Bonchev–Trinajstić information content (AvgIpc) is 3.40. The van der Waals surface area contributed by atoms with Crippen LogP contribution in [0.15, 0.2) is 42.5 Å². The second-order valence-corrected chi connectivity index (χ2v) is 9.05. The second kappa shape index (κ2) is 12.6. The molecule has 9 nitrogen and oxygen atoms in total. The number of piperazine rings is 1. The molecule has 0 bridgehead atoms. The number of para-hydroxylation sites is 2. The highest BCUT2D eigenvalue weighted by Gasteiger charge is 2.29. The molecular weight excluding hydrogens is 456 g/mol. The molecule has 9 heteroatoms. The lowest BCUT2D eigenvalue weighted by atomic mass is 10.1. The minimum Gasteiger partial charge on any atom is -0.495 e. The maximum atomic E-state index is 5.59. The Hall–Kier alpha value is -3.33. The van der Waals surface area contributed by atoms with Crippen LogP contribution < -0.4 is 19.1 Å². The van der Waals surface area contributed by atoms with Crippen molar-refractivity contribution in [3.8, 4) is 17.2 Å². The predicted octanol–water partition coefficient (Wildman–Crippen LogP) is 4.00. The number of anilines is 1. The maximum absolute atomic E-state index is 5.59. The van der Waals surface area contributed by atoms with Gasteiger partial charge in [0.15, 0.2) is 17.3 Å². The lowest BCUT2D eigenvalue weighted by Crippen LogP contribution is -2.48. The highest BCUT2D eigenvalue weighted by molar-refractivity contribution is 5.58. The number of rotatable bonds is 12. The number of nitrogens with zero attached hydrogens (tertiary/aromatic N) is 6. The van der Waals surface area contributed by atoms with E-state index in [1.807, 2.05) is 28.9 Å². The minimum atomic E-state index is 0.199. The number of aromatic nitrogens is 4. The zero-order chi connectivity index (χ0) is 25.3. The second-order valence-electron chi connectivity index (χ2n) is 9.05. The largest absolute Gasteiger partial charge is 0.495 e. The molecule has 0 N–H and O–H groups in total. The molecule has 1 atom stereocenters. The number of methoxy groups -OCH3 is 3. The summed E-state index contributed by atoms with van der Waals surface area (Å²) < 4.78 is 18.4. The van der Waals surface area contributed by atoms with E-state index in [2.05, 4.69) is 50.4 Å². The van der Waals surface area contributed by atoms with Crippen molar-refractivity contribution in [1.29, 1.82) is 0 Å². The third-order valence-electron chi connectivity index (χ3n) is 6.93. The number of hydrogen-bond acceptors (Lipinski definition) is 8. The summed E-state index contributed by atoms with van der Waals surface area (Å²) in [6.45, 7) is 6.73. The van der Waals surface area contributed by atoms with E-state index in [0.29, 0.717) is 6.54 Å². The highest BCUT2D eigenvalue weighted by Crippen LogP contribution is 2.32. The first kappa shape index (κ1) is 25.8. The average molecular weight is 495 g/mol. The SMILES string of the molecule is CCCC[C@H](c1nnnn1CCc1ccc(OC)c(OC)c1)N1CCN(c2ccccc2OC)CC1. The molecule has 1 aliphatic rings. The molecule has 0 aliphatic carbocycles. The Morgan fingerprint density at radius 3 is 2.36 bits per heavy atom. The molecule has 0 saturated carbocycles. The Bertz CT molecular complexity index is 1100. The van der Waals surface area contributed by atoms with E-state index in [1.165, 1.54) is 0 Å². The van der Waals surface area contributed by atoms with E-state index < -0.39 is 0 Å². The van der Waals surface area contributed by atoms with Crippen molar-refractivity contribution in [1.82, 2.24) is 25.1 Å². The molecule has 3 aromatic rings. The maximum Gasteiger partial charge on any atom is 0.168 e. The minimum absolute atomic E-state index is 0.199. The fourth-order valence-corrected chi connectivity index (χ4v) is 4.92. The van der Waals surface area contributed by atoms with Crippen LogP contribution in [-0.4, -0.2) is 72.6 Å². The zero-order valence-corrected chi connectivity index (χ0v) is 21.9. The van der Waals surface area contributed by atoms with Gasteiger partial charge in [-0.2, -0.15) is 0 Å². The van der Waals surface area contributed by atoms with Crippen LogP contribution in [0.4, 0.5) is 5.69 Å². The van der Waals surface area contributed by atoms with E-state index in [4.69, 9.17) is 14.2 Å². The summed E-state index contributed by atoms with van der Waals surface area (Å²) in [4.78, 5) is 4.95. The molecule has 0 radical (unpaired) electrons. The fourth-order valence-electron chi connectivity index (χ4n) is 4.92. The first-order chi connectivity index (χ1) is 17.7. The van der Waals surface area contributed by atoms with Gasteiger partial charge in [0, 0.05) is 32.7 Å². The van der Waals surface area contributed by atoms with Crippen LogP contribution >= 0.6 is 0 Å². The molecule has 1 aromatic heterocycles.